The van der Waals surface area contributed by atoms with Gasteiger partial charge in [0.25, 0.3) is 5.91 Å². The van der Waals surface area contributed by atoms with Crippen LogP contribution in [0.4, 0.5) is 5.69 Å². The van der Waals surface area contributed by atoms with Crippen LogP contribution in [0.5, 0.6) is 0 Å². The third-order valence-electron chi connectivity index (χ3n) is 3.83. The van der Waals surface area contributed by atoms with Crippen LogP contribution in [0.25, 0.3) is 0 Å². The minimum absolute atomic E-state index is 0.0144. The monoisotopic (exact) mass is 325 g/mol. The second-order valence-corrected chi connectivity index (χ2v) is 6.17. The van der Waals surface area contributed by atoms with Gasteiger partial charge in [-0.1, -0.05) is 17.7 Å². The third-order valence-corrected chi connectivity index (χ3v) is 3.83. The Morgan fingerprint density at radius 2 is 1.71 bits per heavy atom. The highest BCUT2D eigenvalue weighted by atomic mass is 16.2. The van der Waals surface area contributed by atoms with Gasteiger partial charge in [0.15, 0.2) is 0 Å². The van der Waals surface area contributed by atoms with Gasteiger partial charge >= 0.3 is 0 Å². The molecule has 0 saturated heterocycles. The first-order valence-corrected chi connectivity index (χ1v) is 7.83. The summed E-state index contributed by atoms with van der Waals surface area (Å²) in [6.07, 6.45) is 1.53. The molecule has 5 nitrogen and oxygen atoms in total. The summed E-state index contributed by atoms with van der Waals surface area (Å²) in [7, 11) is 1.61. The quantitative estimate of drug-likeness (QED) is 0.940. The fourth-order valence-corrected chi connectivity index (χ4v) is 2.66. The topological polar surface area (TPSA) is 62.3 Å². The molecule has 2 amide bonds. The van der Waals surface area contributed by atoms with Crippen molar-refractivity contribution in [2.24, 2.45) is 0 Å². The van der Waals surface area contributed by atoms with Crippen molar-refractivity contribution < 1.29 is 9.59 Å². The fourth-order valence-electron chi connectivity index (χ4n) is 2.66. The first-order chi connectivity index (χ1) is 11.3. The normalized spacial score (nSPS) is 10.4. The van der Waals surface area contributed by atoms with Crippen molar-refractivity contribution in [1.29, 1.82) is 0 Å². The molecule has 0 spiro atoms. The Morgan fingerprint density at radius 3 is 2.25 bits per heavy atom. The van der Waals surface area contributed by atoms with Gasteiger partial charge in [-0.2, -0.15) is 0 Å². The number of amides is 2. The van der Waals surface area contributed by atoms with Crippen molar-refractivity contribution in [2.75, 3.05) is 18.9 Å². The zero-order valence-corrected chi connectivity index (χ0v) is 14.8. The summed E-state index contributed by atoms with van der Waals surface area (Å²) in [5, 5.41) is 2.90. The predicted molar refractivity (Wildman–Crippen MR) is 95.2 cm³/mol. The standard InChI is InChI=1S/C19H23N3O2/c1-12-8-13(2)18(14(3)9-12)21-17(23)11-22(5)19(24)16-7-6-15(4)20-10-16/h6-10H,11H2,1-5H3,(H,21,23). The van der Waals surface area contributed by atoms with Crippen molar-refractivity contribution in [3.8, 4) is 0 Å². The van der Waals surface area contributed by atoms with Crippen molar-refractivity contribution >= 4 is 17.5 Å². The maximum absolute atomic E-state index is 12.3. The average molecular weight is 325 g/mol. The summed E-state index contributed by atoms with van der Waals surface area (Å²) in [6, 6.07) is 7.54. The van der Waals surface area contributed by atoms with E-state index >= 15 is 0 Å². The minimum atomic E-state index is -0.227. The molecule has 0 aliphatic rings. The maximum Gasteiger partial charge on any atom is 0.255 e. The molecule has 1 N–H and O–H groups in total. The second kappa shape index (κ2) is 7.25. The third kappa shape index (κ3) is 4.19. The van der Waals surface area contributed by atoms with E-state index in [9.17, 15) is 9.59 Å². The lowest BCUT2D eigenvalue weighted by Gasteiger charge is -2.18. The molecule has 2 rings (SSSR count). The van der Waals surface area contributed by atoms with E-state index in [0.717, 1.165) is 28.1 Å². The molecule has 1 aromatic heterocycles. The van der Waals surface area contributed by atoms with Gasteiger partial charge in [0.1, 0.15) is 0 Å². The molecular formula is C19H23N3O2. The average Bonchev–Trinajstić information content (AvgIpc) is 2.50. The number of carbonyl (C=O) groups is 2. The molecule has 0 aliphatic carbocycles. The second-order valence-electron chi connectivity index (χ2n) is 6.17. The number of aromatic nitrogens is 1. The number of hydrogen-bond donors (Lipinski definition) is 1. The molecule has 1 aromatic carbocycles. The molecule has 2 aromatic rings. The highest BCUT2D eigenvalue weighted by Crippen LogP contribution is 2.21. The van der Waals surface area contributed by atoms with E-state index in [-0.39, 0.29) is 18.4 Å². The Bertz CT molecular complexity index is 744. The van der Waals surface area contributed by atoms with Gasteiger partial charge in [-0.15, -0.1) is 0 Å². The number of benzene rings is 1. The van der Waals surface area contributed by atoms with E-state index in [0.29, 0.717) is 5.56 Å². The smallest absolute Gasteiger partial charge is 0.255 e. The molecule has 0 radical (unpaired) electrons. The van der Waals surface area contributed by atoms with Crippen molar-refractivity contribution in [3.05, 3.63) is 58.4 Å². The van der Waals surface area contributed by atoms with Gasteiger partial charge < -0.3 is 10.2 Å². The minimum Gasteiger partial charge on any atom is -0.332 e. The summed E-state index contributed by atoms with van der Waals surface area (Å²) >= 11 is 0. The molecule has 0 fully saturated rings. The Labute approximate surface area is 142 Å². The summed E-state index contributed by atoms with van der Waals surface area (Å²) < 4.78 is 0. The van der Waals surface area contributed by atoms with Crippen LogP contribution >= 0.6 is 0 Å². The fraction of sp³-hybridized carbons (Fsp3) is 0.316. The van der Waals surface area contributed by atoms with E-state index < -0.39 is 0 Å². The van der Waals surface area contributed by atoms with Gasteiger partial charge in [-0.3, -0.25) is 14.6 Å². The zero-order valence-electron chi connectivity index (χ0n) is 14.8. The van der Waals surface area contributed by atoms with Crippen LogP contribution in [0.2, 0.25) is 0 Å². The van der Waals surface area contributed by atoms with Gasteiger partial charge in [0, 0.05) is 24.6 Å². The summed E-state index contributed by atoms with van der Waals surface area (Å²) in [5.41, 5.74) is 5.30. The first kappa shape index (κ1) is 17.7. The van der Waals surface area contributed by atoms with Crippen LogP contribution < -0.4 is 5.32 Å². The summed E-state index contributed by atoms with van der Waals surface area (Å²) in [4.78, 5) is 30.1. The molecule has 0 bridgehead atoms. The van der Waals surface area contributed by atoms with E-state index in [1.807, 2.05) is 39.8 Å². The number of nitrogens with one attached hydrogen (secondary N) is 1. The number of pyridine rings is 1. The number of nitrogens with zero attached hydrogens (tertiary/aromatic N) is 2. The molecule has 0 unspecified atom stereocenters. The van der Waals surface area contributed by atoms with E-state index in [1.165, 1.54) is 11.1 Å². The summed E-state index contributed by atoms with van der Waals surface area (Å²) in [6.45, 7) is 7.79. The van der Waals surface area contributed by atoms with Crippen LogP contribution in [-0.4, -0.2) is 35.3 Å². The van der Waals surface area contributed by atoms with Crippen molar-refractivity contribution in [3.63, 3.8) is 0 Å². The number of anilines is 1. The Kier molecular flexibility index (Phi) is 5.34. The zero-order chi connectivity index (χ0) is 17.9. The largest absolute Gasteiger partial charge is 0.332 e. The Balaban J connectivity index is 2.04. The van der Waals surface area contributed by atoms with Crippen molar-refractivity contribution in [1.82, 2.24) is 9.88 Å². The molecule has 0 atom stereocenters. The number of likely N-dealkylation sites (N-methyl/N-ethyl adjacent to an activating group) is 1. The Hall–Kier alpha value is -2.69. The lowest BCUT2D eigenvalue weighted by atomic mass is 10.1. The molecule has 0 aliphatic heterocycles. The molecule has 24 heavy (non-hydrogen) atoms. The molecule has 126 valence electrons. The maximum atomic E-state index is 12.3. The van der Waals surface area contributed by atoms with Crippen molar-refractivity contribution in [2.45, 2.75) is 27.7 Å². The number of rotatable bonds is 4. The van der Waals surface area contributed by atoms with Crippen LogP contribution in [0.1, 0.15) is 32.7 Å². The molecule has 5 heteroatoms. The highest BCUT2D eigenvalue weighted by molar-refractivity contribution is 5.99. The van der Waals surface area contributed by atoms with Crippen LogP contribution in [0, 0.1) is 27.7 Å². The highest BCUT2D eigenvalue weighted by Gasteiger charge is 2.16. The molecule has 0 saturated carbocycles. The van der Waals surface area contributed by atoms with Gasteiger partial charge in [0.2, 0.25) is 5.91 Å². The van der Waals surface area contributed by atoms with Gasteiger partial charge in [-0.25, -0.2) is 0 Å². The van der Waals surface area contributed by atoms with Crippen LogP contribution in [-0.2, 0) is 4.79 Å². The lowest BCUT2D eigenvalue weighted by molar-refractivity contribution is -0.116. The first-order valence-electron chi connectivity index (χ1n) is 7.83. The van der Waals surface area contributed by atoms with Gasteiger partial charge in [0.05, 0.1) is 12.1 Å². The van der Waals surface area contributed by atoms with Crippen LogP contribution in [0.15, 0.2) is 30.5 Å². The summed E-state index contributed by atoms with van der Waals surface area (Å²) in [5.74, 6) is -0.448. The number of aryl methyl sites for hydroxylation is 4. The Morgan fingerprint density at radius 1 is 1.08 bits per heavy atom. The van der Waals surface area contributed by atoms with E-state index in [2.05, 4.69) is 10.3 Å². The van der Waals surface area contributed by atoms with E-state index in [1.54, 1.807) is 19.2 Å². The number of hydrogen-bond acceptors (Lipinski definition) is 3. The lowest BCUT2D eigenvalue weighted by Crippen LogP contribution is -2.35. The predicted octanol–water partition coefficient (Wildman–Crippen LogP) is 3.03. The van der Waals surface area contributed by atoms with Crippen LogP contribution in [0.3, 0.4) is 0 Å². The van der Waals surface area contributed by atoms with E-state index in [4.69, 9.17) is 0 Å². The van der Waals surface area contributed by atoms with Gasteiger partial charge in [-0.05, 0) is 51.0 Å². The molecule has 1 heterocycles. The number of carbonyl (C=O) groups excluding carboxylic acids is 2. The molecular weight excluding hydrogens is 302 g/mol. The SMILES string of the molecule is Cc1cc(C)c(NC(=O)CN(C)C(=O)c2ccc(C)nc2)c(C)c1.